The van der Waals surface area contributed by atoms with Gasteiger partial charge >= 0.3 is 12.1 Å². The van der Waals surface area contributed by atoms with Crippen LogP contribution in [-0.2, 0) is 14.3 Å². The number of anilines is 1. The van der Waals surface area contributed by atoms with Gasteiger partial charge < -0.3 is 34.2 Å². The van der Waals surface area contributed by atoms with Crippen molar-refractivity contribution in [3.05, 3.63) is 47.3 Å². The Kier molecular flexibility index (Phi) is 11.8. The number of rotatable bonds is 5. The molecule has 244 valence electrons. The molecule has 6 atom stereocenters. The van der Waals surface area contributed by atoms with Crippen LogP contribution in [0.5, 0.6) is 0 Å². The minimum absolute atomic E-state index is 0.0570. The van der Waals surface area contributed by atoms with Crippen molar-refractivity contribution in [3.8, 4) is 0 Å². The Morgan fingerprint density at radius 2 is 1.80 bits per heavy atom. The van der Waals surface area contributed by atoms with Crippen molar-refractivity contribution in [1.82, 2.24) is 14.7 Å². The molecule has 3 aliphatic rings. The number of benzene rings is 1. The second-order valence-electron chi connectivity index (χ2n) is 13.2. The summed E-state index contributed by atoms with van der Waals surface area (Å²) in [5.41, 5.74) is 2.28. The van der Waals surface area contributed by atoms with Gasteiger partial charge in [0.15, 0.2) is 0 Å². The third-order valence-electron chi connectivity index (χ3n) is 9.26. The van der Waals surface area contributed by atoms with E-state index in [2.05, 4.69) is 28.8 Å². The van der Waals surface area contributed by atoms with Crippen LogP contribution < -0.4 is 4.90 Å². The highest BCUT2D eigenvalue weighted by molar-refractivity contribution is 5.71. The van der Waals surface area contributed by atoms with Crippen LogP contribution in [0.2, 0.25) is 0 Å². The van der Waals surface area contributed by atoms with Gasteiger partial charge in [0.1, 0.15) is 18.0 Å². The summed E-state index contributed by atoms with van der Waals surface area (Å²) in [6.45, 7) is 10.4. The van der Waals surface area contributed by atoms with E-state index in [1.165, 1.54) is 6.07 Å². The van der Waals surface area contributed by atoms with Gasteiger partial charge in [0.05, 0.1) is 12.5 Å². The van der Waals surface area contributed by atoms with E-state index in [4.69, 9.17) is 9.47 Å². The number of aliphatic hydroxyl groups is 1. The number of ether oxygens (including phenoxy) is 2. The number of likely N-dealkylation sites (N-methyl/N-ethyl adjacent to an activating group) is 2. The van der Waals surface area contributed by atoms with Gasteiger partial charge in [0.25, 0.3) is 0 Å². The van der Waals surface area contributed by atoms with Crippen LogP contribution >= 0.6 is 0 Å². The quantitative estimate of drug-likeness (QED) is 0.386. The number of nitrogens with zero attached hydrogens (tertiary/aromatic N) is 4. The van der Waals surface area contributed by atoms with Crippen molar-refractivity contribution in [3.63, 3.8) is 0 Å². The summed E-state index contributed by atoms with van der Waals surface area (Å²) in [6.07, 6.45) is 5.23. The van der Waals surface area contributed by atoms with E-state index in [1.54, 1.807) is 11.0 Å². The zero-order valence-corrected chi connectivity index (χ0v) is 27.2. The lowest BCUT2D eigenvalue weighted by Gasteiger charge is -2.33. The lowest BCUT2D eigenvalue weighted by Crippen LogP contribution is -2.48. The molecule has 1 aromatic carbocycles. The molecule has 3 heterocycles. The molecule has 0 spiro atoms. The molecule has 2 fully saturated rings. The van der Waals surface area contributed by atoms with E-state index in [1.807, 2.05) is 52.1 Å². The molecule has 10 heteroatoms. The fourth-order valence-corrected chi connectivity index (χ4v) is 6.23. The van der Waals surface area contributed by atoms with Crippen molar-refractivity contribution < 1.29 is 28.6 Å². The SMILES string of the molecule is C/C(=C\c1cc(F)cc(N2CC[C@H](N(C)C)C2)c1)[C@H]1OC(=O)C[C@H](O)CC[C@H](C)[C@@H](OC(=O)N2CCN(C)CC2)/C=C/[C@@H]1C. The summed E-state index contributed by atoms with van der Waals surface area (Å²) in [4.78, 5) is 34.3. The summed E-state index contributed by atoms with van der Waals surface area (Å²) < 4.78 is 26.8. The average molecular weight is 615 g/mol. The summed E-state index contributed by atoms with van der Waals surface area (Å²) in [6, 6.07) is 5.45. The van der Waals surface area contributed by atoms with Crippen LogP contribution in [-0.4, -0.2) is 117 Å². The number of aliphatic hydroxyl groups excluding tert-OH is 1. The second kappa shape index (κ2) is 15.4. The molecule has 1 amide bonds. The van der Waals surface area contributed by atoms with Crippen LogP contribution in [0.1, 0.15) is 52.0 Å². The summed E-state index contributed by atoms with van der Waals surface area (Å²) in [5.74, 6) is -1.12. The van der Waals surface area contributed by atoms with Crippen LogP contribution in [0.25, 0.3) is 6.08 Å². The monoisotopic (exact) mass is 614 g/mol. The third-order valence-corrected chi connectivity index (χ3v) is 9.26. The van der Waals surface area contributed by atoms with Crippen LogP contribution in [0, 0.1) is 17.7 Å². The van der Waals surface area contributed by atoms with Crippen molar-refractivity contribution in [2.75, 3.05) is 65.3 Å². The topological polar surface area (TPSA) is 85.8 Å². The maximum atomic E-state index is 14.8. The highest BCUT2D eigenvalue weighted by Gasteiger charge is 2.29. The number of carbonyl (C=O) groups excluding carboxylic acids is 2. The summed E-state index contributed by atoms with van der Waals surface area (Å²) in [7, 11) is 6.17. The number of cyclic esters (lactones) is 1. The molecule has 0 saturated carbocycles. The smallest absolute Gasteiger partial charge is 0.410 e. The normalized spacial score (nSPS) is 30.5. The van der Waals surface area contributed by atoms with Gasteiger partial charge in [-0.3, -0.25) is 4.79 Å². The van der Waals surface area contributed by atoms with Gasteiger partial charge in [0, 0.05) is 56.9 Å². The van der Waals surface area contributed by atoms with Crippen LogP contribution in [0.3, 0.4) is 0 Å². The van der Waals surface area contributed by atoms with Gasteiger partial charge in [-0.25, -0.2) is 9.18 Å². The molecule has 0 radical (unpaired) electrons. The Bertz CT molecular complexity index is 1200. The van der Waals surface area contributed by atoms with Gasteiger partial charge in [-0.05, 0) is 88.7 Å². The molecule has 0 aromatic heterocycles. The highest BCUT2D eigenvalue weighted by atomic mass is 19.1. The van der Waals surface area contributed by atoms with Crippen LogP contribution in [0.4, 0.5) is 14.9 Å². The van der Waals surface area contributed by atoms with E-state index in [9.17, 15) is 19.1 Å². The van der Waals surface area contributed by atoms with E-state index in [0.29, 0.717) is 37.5 Å². The molecule has 0 aliphatic carbocycles. The molecule has 0 bridgehead atoms. The fourth-order valence-electron chi connectivity index (χ4n) is 6.23. The lowest BCUT2D eigenvalue weighted by atomic mass is 9.91. The van der Waals surface area contributed by atoms with Crippen molar-refractivity contribution >= 4 is 23.8 Å². The predicted octanol–water partition coefficient (Wildman–Crippen LogP) is 4.41. The molecule has 0 unspecified atom stereocenters. The molecule has 1 N–H and O–H groups in total. The highest BCUT2D eigenvalue weighted by Crippen LogP contribution is 2.29. The number of hydrogen-bond acceptors (Lipinski definition) is 8. The maximum absolute atomic E-state index is 14.8. The molecule has 3 aliphatic heterocycles. The maximum Gasteiger partial charge on any atom is 0.410 e. The molecular weight excluding hydrogens is 563 g/mol. The zero-order valence-electron chi connectivity index (χ0n) is 27.2. The van der Waals surface area contributed by atoms with Gasteiger partial charge in [-0.15, -0.1) is 0 Å². The Hall–Kier alpha value is -2.95. The third kappa shape index (κ3) is 9.28. The van der Waals surface area contributed by atoms with E-state index >= 15 is 0 Å². The van der Waals surface area contributed by atoms with Gasteiger partial charge in [-0.1, -0.05) is 26.0 Å². The molecule has 1 aromatic rings. The first kappa shape index (κ1) is 33.9. The Balaban J connectivity index is 1.55. The Labute approximate surface area is 262 Å². The van der Waals surface area contributed by atoms with Gasteiger partial charge in [-0.2, -0.15) is 0 Å². The molecule has 2 saturated heterocycles. The predicted molar refractivity (Wildman–Crippen MR) is 171 cm³/mol. The average Bonchev–Trinajstić information content (AvgIpc) is 3.47. The van der Waals surface area contributed by atoms with E-state index in [-0.39, 0.29) is 30.2 Å². The number of halogens is 1. The number of carbonyl (C=O) groups is 2. The molecule has 44 heavy (non-hydrogen) atoms. The van der Waals surface area contributed by atoms with Crippen molar-refractivity contribution in [2.24, 2.45) is 11.8 Å². The second-order valence-corrected chi connectivity index (χ2v) is 13.2. The van der Waals surface area contributed by atoms with Crippen molar-refractivity contribution in [2.45, 2.75) is 70.8 Å². The van der Waals surface area contributed by atoms with Gasteiger partial charge in [0.2, 0.25) is 0 Å². The zero-order chi connectivity index (χ0) is 32.0. The first-order chi connectivity index (χ1) is 20.9. The summed E-state index contributed by atoms with van der Waals surface area (Å²) >= 11 is 0. The van der Waals surface area contributed by atoms with E-state index in [0.717, 1.165) is 43.9 Å². The minimum Gasteiger partial charge on any atom is -0.457 e. The number of amides is 1. The fraction of sp³-hybridized carbons (Fsp3) is 0.647. The number of hydrogen-bond donors (Lipinski definition) is 1. The largest absolute Gasteiger partial charge is 0.457 e. The standard InChI is InChI=1S/C34H51FN4O5/c1-23-7-9-30(40)21-32(41)44-33(24(2)8-10-31(23)43-34(42)38-15-13-37(6)14-16-38)25(3)17-26-18-27(35)20-29(19-26)39-12-11-28(22-39)36(4)5/h8,10,17-20,23-24,28,30-31,33,40H,7,9,11-16,21-22H2,1-6H3/b10-8+,25-17+/t23-,24-,28-,30+,31-,33-/m0/s1. The molecule has 9 nitrogen and oxygen atoms in total. The first-order valence-electron chi connectivity index (χ1n) is 16.0. The molecule has 4 rings (SSSR count). The number of piperazine rings is 1. The minimum atomic E-state index is -0.861. The van der Waals surface area contributed by atoms with Crippen LogP contribution in [0.15, 0.2) is 35.9 Å². The number of esters is 1. The van der Waals surface area contributed by atoms with Crippen molar-refractivity contribution in [1.29, 1.82) is 0 Å². The molecular formula is C34H51FN4O5. The Morgan fingerprint density at radius 1 is 1.07 bits per heavy atom. The first-order valence-corrected chi connectivity index (χ1v) is 16.0. The Morgan fingerprint density at radius 3 is 2.48 bits per heavy atom. The lowest BCUT2D eigenvalue weighted by molar-refractivity contribution is -0.151. The summed E-state index contributed by atoms with van der Waals surface area (Å²) in [5, 5.41) is 10.6. The van der Waals surface area contributed by atoms with E-state index < -0.39 is 24.3 Å².